The number of nitrogens with two attached hydrogens (primary N) is 1. The number of halogens is 3. The molecule has 2 aliphatic rings. The highest BCUT2D eigenvalue weighted by molar-refractivity contribution is 7.89. The third-order valence-corrected chi connectivity index (χ3v) is 9.33. The first-order chi connectivity index (χ1) is 22.2. The van der Waals surface area contributed by atoms with E-state index >= 15 is 0 Å². The van der Waals surface area contributed by atoms with Gasteiger partial charge in [0.25, 0.3) is 11.8 Å². The van der Waals surface area contributed by atoms with Gasteiger partial charge in [0.1, 0.15) is 0 Å². The van der Waals surface area contributed by atoms with Crippen molar-refractivity contribution in [3.63, 3.8) is 0 Å². The van der Waals surface area contributed by atoms with E-state index < -0.39 is 69.7 Å². The standard InChI is InChI=1S/C31H39F3N6O6S/c32-31(33,34)21-12-15-24(40-30(44)37-17-19-6-2-1-3-7-19)23(16-21)29(43)36-18-27(41)38-25-8-4-5-9-26(25)39-28(42)20-10-13-22(14-11-20)47(35,45)46/h10-16,19,25-26H,1-9,17-18H2,(H,36,43)(H,38,41)(H,39,42)(H2,35,45,46)(H2,37,40,44)/t25-,26+/m1/s1. The Morgan fingerprint density at radius 2 is 1.40 bits per heavy atom. The number of rotatable bonds is 10. The van der Waals surface area contributed by atoms with E-state index in [4.69, 9.17) is 5.14 Å². The van der Waals surface area contributed by atoms with Crippen molar-refractivity contribution in [3.8, 4) is 0 Å². The SMILES string of the molecule is NS(=O)(=O)c1ccc(C(=O)N[C@H]2CCCC[C@H]2NC(=O)CNC(=O)c2cc(C(F)(F)F)ccc2NC(=O)NCC2CCCCC2)cc1. The van der Waals surface area contributed by atoms with Crippen LogP contribution < -0.4 is 31.7 Å². The van der Waals surface area contributed by atoms with Crippen LogP contribution in [0.2, 0.25) is 0 Å². The minimum Gasteiger partial charge on any atom is -0.350 e. The molecule has 12 nitrogen and oxygen atoms in total. The molecule has 256 valence electrons. The number of primary sulfonamides is 1. The van der Waals surface area contributed by atoms with Gasteiger partial charge in [0.15, 0.2) is 0 Å². The number of sulfonamides is 1. The van der Waals surface area contributed by atoms with E-state index in [1.165, 1.54) is 24.3 Å². The average Bonchev–Trinajstić information content (AvgIpc) is 3.03. The second kappa shape index (κ2) is 15.6. The van der Waals surface area contributed by atoms with Gasteiger partial charge in [-0.2, -0.15) is 13.2 Å². The molecule has 0 aliphatic heterocycles. The molecule has 0 aromatic heterocycles. The van der Waals surface area contributed by atoms with Gasteiger partial charge in [0.05, 0.1) is 28.3 Å². The molecule has 16 heteroatoms. The molecule has 0 spiro atoms. The molecular formula is C31H39F3N6O6S. The maximum Gasteiger partial charge on any atom is 0.416 e. The van der Waals surface area contributed by atoms with Gasteiger partial charge in [-0.25, -0.2) is 18.4 Å². The fraction of sp³-hybridized carbons (Fsp3) is 0.484. The van der Waals surface area contributed by atoms with Gasteiger partial charge in [-0.1, -0.05) is 32.1 Å². The number of carbonyl (C=O) groups excluding carboxylic acids is 4. The zero-order chi connectivity index (χ0) is 34.2. The second-order valence-electron chi connectivity index (χ2n) is 11.9. The lowest BCUT2D eigenvalue weighted by molar-refractivity contribution is -0.137. The van der Waals surface area contributed by atoms with Gasteiger partial charge in [-0.05, 0) is 74.1 Å². The summed E-state index contributed by atoms with van der Waals surface area (Å²) >= 11 is 0. The summed E-state index contributed by atoms with van der Waals surface area (Å²) in [6, 6.07) is 5.79. The number of nitrogens with one attached hydrogen (secondary N) is 5. The van der Waals surface area contributed by atoms with E-state index in [2.05, 4.69) is 26.6 Å². The second-order valence-corrected chi connectivity index (χ2v) is 13.4. The maximum atomic E-state index is 13.5. The monoisotopic (exact) mass is 680 g/mol. The smallest absolute Gasteiger partial charge is 0.350 e. The van der Waals surface area contributed by atoms with Gasteiger partial charge < -0.3 is 26.6 Å². The molecule has 0 heterocycles. The quantitative estimate of drug-likeness (QED) is 0.222. The summed E-state index contributed by atoms with van der Waals surface area (Å²) < 4.78 is 63.4. The molecule has 2 aliphatic carbocycles. The van der Waals surface area contributed by atoms with Crippen molar-refractivity contribution in [2.24, 2.45) is 11.1 Å². The Balaban J connectivity index is 1.36. The lowest BCUT2D eigenvalue weighted by Gasteiger charge is -2.33. The van der Waals surface area contributed by atoms with Crippen molar-refractivity contribution in [1.82, 2.24) is 21.3 Å². The Hall–Kier alpha value is -4.18. The zero-order valence-corrected chi connectivity index (χ0v) is 26.4. The van der Waals surface area contributed by atoms with Gasteiger partial charge in [-0.15, -0.1) is 0 Å². The highest BCUT2D eigenvalue weighted by Gasteiger charge is 2.33. The number of amides is 5. The molecule has 2 aromatic carbocycles. The van der Waals surface area contributed by atoms with Crippen molar-refractivity contribution >= 4 is 39.5 Å². The van der Waals surface area contributed by atoms with Crippen LogP contribution in [0, 0.1) is 5.92 Å². The van der Waals surface area contributed by atoms with Crippen molar-refractivity contribution in [3.05, 3.63) is 59.2 Å². The van der Waals surface area contributed by atoms with Gasteiger partial charge in [-0.3, -0.25) is 14.4 Å². The topological polar surface area (TPSA) is 189 Å². The first-order valence-corrected chi connectivity index (χ1v) is 17.0. The first kappa shape index (κ1) is 35.7. The number of carbonyl (C=O) groups is 4. The van der Waals surface area contributed by atoms with Crippen molar-refractivity contribution in [2.45, 2.75) is 80.9 Å². The summed E-state index contributed by atoms with van der Waals surface area (Å²) in [5, 5.41) is 18.2. The minimum atomic E-state index is -4.75. The molecular weight excluding hydrogens is 641 g/mol. The third kappa shape index (κ3) is 10.4. The van der Waals surface area contributed by atoms with Crippen LogP contribution >= 0.6 is 0 Å². The fourth-order valence-corrected chi connectivity index (χ4v) is 6.37. The number of alkyl halides is 3. The third-order valence-electron chi connectivity index (χ3n) is 8.40. The minimum absolute atomic E-state index is 0.148. The van der Waals surface area contributed by atoms with E-state index in [1.807, 2.05) is 0 Å². The maximum absolute atomic E-state index is 13.5. The van der Waals surface area contributed by atoms with Crippen molar-refractivity contribution < 1.29 is 40.8 Å². The lowest BCUT2D eigenvalue weighted by Crippen LogP contribution is -2.54. The fourth-order valence-electron chi connectivity index (χ4n) is 5.85. The highest BCUT2D eigenvalue weighted by Crippen LogP contribution is 2.32. The molecule has 4 rings (SSSR count). The Morgan fingerprint density at radius 1 is 0.787 bits per heavy atom. The molecule has 47 heavy (non-hydrogen) atoms. The van der Waals surface area contributed by atoms with E-state index in [1.54, 1.807) is 0 Å². The van der Waals surface area contributed by atoms with Crippen LogP contribution in [0.4, 0.5) is 23.7 Å². The Morgan fingerprint density at radius 3 is 2.02 bits per heavy atom. The predicted molar refractivity (Wildman–Crippen MR) is 167 cm³/mol. The summed E-state index contributed by atoms with van der Waals surface area (Å²) in [6.07, 6.45) is 3.08. The molecule has 2 aromatic rings. The number of urea groups is 1. The van der Waals surface area contributed by atoms with E-state index in [-0.39, 0.29) is 16.1 Å². The zero-order valence-electron chi connectivity index (χ0n) is 25.6. The Kier molecular flexibility index (Phi) is 11.8. The van der Waals surface area contributed by atoms with E-state index in [0.29, 0.717) is 31.4 Å². The summed E-state index contributed by atoms with van der Waals surface area (Å²) in [6.45, 7) is -0.170. The van der Waals surface area contributed by atoms with Crippen LogP contribution in [0.1, 0.15) is 84.1 Å². The van der Waals surface area contributed by atoms with E-state index in [0.717, 1.165) is 57.1 Å². The molecule has 2 saturated carbocycles. The van der Waals surface area contributed by atoms with Crippen LogP contribution in [-0.2, 0) is 21.0 Å². The number of benzene rings is 2. The largest absolute Gasteiger partial charge is 0.416 e. The molecule has 5 amide bonds. The van der Waals surface area contributed by atoms with Gasteiger partial charge in [0.2, 0.25) is 15.9 Å². The molecule has 0 radical (unpaired) electrons. The molecule has 2 fully saturated rings. The predicted octanol–water partition coefficient (Wildman–Crippen LogP) is 3.64. The first-order valence-electron chi connectivity index (χ1n) is 15.5. The summed E-state index contributed by atoms with van der Waals surface area (Å²) in [5.41, 5.74) is -1.52. The van der Waals surface area contributed by atoms with E-state index in [9.17, 15) is 40.8 Å². The lowest BCUT2D eigenvalue weighted by atomic mass is 9.89. The van der Waals surface area contributed by atoms with Gasteiger partial charge >= 0.3 is 12.2 Å². The molecule has 2 atom stereocenters. The molecule has 0 saturated heterocycles. The number of anilines is 1. The molecule has 0 unspecified atom stereocenters. The summed E-state index contributed by atoms with van der Waals surface area (Å²) in [7, 11) is -3.93. The number of hydrogen-bond acceptors (Lipinski definition) is 6. The van der Waals surface area contributed by atoms with Crippen molar-refractivity contribution in [2.75, 3.05) is 18.4 Å². The van der Waals surface area contributed by atoms with Crippen LogP contribution in [0.5, 0.6) is 0 Å². The van der Waals surface area contributed by atoms with Crippen LogP contribution in [0.25, 0.3) is 0 Å². The van der Waals surface area contributed by atoms with Crippen molar-refractivity contribution in [1.29, 1.82) is 0 Å². The summed E-state index contributed by atoms with van der Waals surface area (Å²) in [4.78, 5) is 51.1. The van der Waals surface area contributed by atoms with Gasteiger partial charge in [0, 0.05) is 24.2 Å². The average molecular weight is 681 g/mol. The Bertz CT molecular complexity index is 1560. The normalized spacial score (nSPS) is 18.9. The van der Waals surface area contributed by atoms with Crippen LogP contribution in [-0.4, -0.2) is 57.3 Å². The highest BCUT2D eigenvalue weighted by atomic mass is 32.2. The Labute approximate surface area is 270 Å². The number of hydrogen-bond donors (Lipinski definition) is 6. The van der Waals surface area contributed by atoms with Crippen LogP contribution in [0.3, 0.4) is 0 Å². The summed E-state index contributed by atoms with van der Waals surface area (Å²) in [5.74, 6) is -1.80. The van der Waals surface area contributed by atoms with Crippen LogP contribution in [0.15, 0.2) is 47.4 Å². The molecule has 0 bridgehead atoms. The molecule has 7 N–H and O–H groups in total.